The van der Waals surface area contributed by atoms with E-state index in [4.69, 9.17) is 20.3 Å². The first kappa shape index (κ1) is 28.7. The van der Waals surface area contributed by atoms with Crippen LogP contribution in [0.5, 0.6) is 11.5 Å². The van der Waals surface area contributed by atoms with E-state index in [0.29, 0.717) is 36.4 Å². The number of benzene rings is 2. The molecule has 1 heterocycles. The van der Waals surface area contributed by atoms with E-state index in [1.54, 1.807) is 29.2 Å². The second kappa shape index (κ2) is 15.4. The molecule has 36 heavy (non-hydrogen) atoms. The predicted octanol–water partition coefficient (Wildman–Crippen LogP) is 4.73. The normalized spacial score (nSPS) is 14.2. The molecule has 2 aromatic rings. The van der Waals surface area contributed by atoms with Crippen LogP contribution >= 0.6 is 0 Å². The fourth-order valence-corrected chi connectivity index (χ4v) is 3.92. The number of carboxylic acids is 1. The molecule has 3 rings (SSSR count). The Morgan fingerprint density at radius 2 is 1.72 bits per heavy atom. The van der Waals surface area contributed by atoms with Gasteiger partial charge in [0.1, 0.15) is 11.5 Å². The van der Waals surface area contributed by atoms with Crippen LogP contribution in [0.1, 0.15) is 64.4 Å². The van der Waals surface area contributed by atoms with Gasteiger partial charge in [0.15, 0.2) is 6.10 Å². The Kier molecular flexibility index (Phi) is 12.3. The lowest BCUT2D eigenvalue weighted by atomic mass is 10.1. The number of nitrogens with zero attached hydrogens (tertiary/aromatic N) is 1. The maximum absolute atomic E-state index is 12.6. The van der Waals surface area contributed by atoms with Crippen LogP contribution in [0.25, 0.3) is 0 Å². The molecule has 2 aromatic carbocycles. The third-order valence-corrected chi connectivity index (χ3v) is 5.76. The Hall–Kier alpha value is -3.55. The highest BCUT2D eigenvalue weighted by Crippen LogP contribution is 2.34. The summed E-state index contributed by atoms with van der Waals surface area (Å²) in [6, 6.07) is 14.5. The topological polar surface area (TPSA) is 119 Å². The molecule has 0 spiro atoms. The molecule has 8 heteroatoms. The Balaban J connectivity index is 0.000000388. The number of anilines is 1. The van der Waals surface area contributed by atoms with E-state index < -0.39 is 12.1 Å². The van der Waals surface area contributed by atoms with Gasteiger partial charge in [-0.2, -0.15) is 0 Å². The summed E-state index contributed by atoms with van der Waals surface area (Å²) in [6.45, 7) is 4.93. The molecule has 0 radical (unpaired) electrons. The van der Waals surface area contributed by atoms with Crippen molar-refractivity contribution in [3.05, 3.63) is 54.1 Å². The third-order valence-electron chi connectivity index (χ3n) is 5.76. The average molecular weight is 499 g/mol. The van der Waals surface area contributed by atoms with Gasteiger partial charge in [0.25, 0.3) is 5.91 Å². The Morgan fingerprint density at radius 1 is 1.03 bits per heavy atom. The predicted molar refractivity (Wildman–Crippen MR) is 139 cm³/mol. The van der Waals surface area contributed by atoms with Crippen molar-refractivity contribution < 1.29 is 29.0 Å². The van der Waals surface area contributed by atoms with Gasteiger partial charge in [0, 0.05) is 24.9 Å². The lowest BCUT2D eigenvalue weighted by Gasteiger charge is -2.33. The summed E-state index contributed by atoms with van der Waals surface area (Å²) in [5.74, 6) is 0.0308. The number of unbranched alkanes of at least 4 members (excludes halogenated alkanes) is 4. The van der Waals surface area contributed by atoms with E-state index in [-0.39, 0.29) is 24.8 Å². The number of hydrogen-bond acceptors (Lipinski definition) is 5. The lowest BCUT2D eigenvalue weighted by Crippen LogP contribution is -2.46. The summed E-state index contributed by atoms with van der Waals surface area (Å²) in [4.78, 5) is 35.6. The van der Waals surface area contributed by atoms with Gasteiger partial charge in [-0.25, -0.2) is 0 Å². The fraction of sp³-hybridized carbons (Fsp3) is 0.464. The molecule has 2 amide bonds. The van der Waals surface area contributed by atoms with Crippen LogP contribution in [0.2, 0.25) is 0 Å². The number of fused-ring (bicyclic) bond motifs is 1. The summed E-state index contributed by atoms with van der Waals surface area (Å²) < 4.78 is 11.6. The third kappa shape index (κ3) is 9.24. The minimum absolute atomic E-state index is 0.0892. The molecular weight excluding hydrogens is 460 g/mol. The van der Waals surface area contributed by atoms with Gasteiger partial charge in [-0.1, -0.05) is 62.9 Å². The second-order valence-corrected chi connectivity index (χ2v) is 8.60. The maximum atomic E-state index is 12.6. The number of amides is 2. The molecule has 0 saturated heterocycles. The van der Waals surface area contributed by atoms with E-state index in [2.05, 4.69) is 6.92 Å². The molecule has 0 saturated carbocycles. The average Bonchev–Trinajstić information content (AvgIpc) is 2.85. The van der Waals surface area contributed by atoms with Crippen molar-refractivity contribution in [2.24, 2.45) is 5.73 Å². The van der Waals surface area contributed by atoms with Crippen LogP contribution in [-0.4, -0.2) is 42.1 Å². The molecule has 1 atom stereocenters. The van der Waals surface area contributed by atoms with Crippen molar-refractivity contribution in [1.82, 2.24) is 0 Å². The zero-order valence-corrected chi connectivity index (χ0v) is 21.3. The van der Waals surface area contributed by atoms with Crippen molar-refractivity contribution >= 4 is 23.5 Å². The Bertz CT molecular complexity index is 994. The lowest BCUT2D eigenvalue weighted by molar-refractivity contribution is -0.136. The first-order valence-corrected chi connectivity index (χ1v) is 12.6. The molecule has 1 unspecified atom stereocenters. The molecule has 1 aliphatic heterocycles. The largest absolute Gasteiger partial charge is 0.493 e. The van der Waals surface area contributed by atoms with Crippen LogP contribution < -0.4 is 20.1 Å². The first-order chi connectivity index (χ1) is 17.4. The molecule has 3 N–H and O–H groups in total. The number of likely N-dealkylation sites (N-methyl/N-ethyl adjacent to an activating group) is 1. The second-order valence-electron chi connectivity index (χ2n) is 8.60. The van der Waals surface area contributed by atoms with E-state index in [9.17, 15) is 14.4 Å². The molecule has 196 valence electrons. The highest BCUT2D eigenvalue weighted by Gasteiger charge is 2.33. The van der Waals surface area contributed by atoms with Crippen LogP contribution in [-0.2, 0) is 20.8 Å². The Labute approximate surface area is 213 Å². The first-order valence-electron chi connectivity index (χ1n) is 12.6. The van der Waals surface area contributed by atoms with Crippen molar-refractivity contribution in [3.63, 3.8) is 0 Å². The standard InChI is InChI=1S/C20H21NO5.C8H17NO/c1-2-21-15-8-4-6-10-17(15)26-18(20(21)24)11-12-25-16-9-5-3-7-14(16)13-19(22)23;1-2-3-4-5-6-7-8(9)10/h3-10,18H,2,11-13H2,1H3,(H,22,23);2-7H2,1H3,(H2,9,10). The van der Waals surface area contributed by atoms with E-state index in [0.717, 1.165) is 18.5 Å². The number of carbonyl (C=O) groups is 3. The quantitative estimate of drug-likeness (QED) is 0.385. The van der Waals surface area contributed by atoms with Crippen LogP contribution in [0, 0.1) is 0 Å². The highest BCUT2D eigenvalue weighted by atomic mass is 16.5. The number of carboxylic acid groups (broad SMARTS) is 1. The number of para-hydroxylation sites is 3. The molecule has 0 fully saturated rings. The highest BCUT2D eigenvalue weighted by molar-refractivity contribution is 5.99. The van der Waals surface area contributed by atoms with Crippen molar-refractivity contribution in [2.45, 2.75) is 71.3 Å². The van der Waals surface area contributed by atoms with Gasteiger partial charge in [0.2, 0.25) is 5.91 Å². The van der Waals surface area contributed by atoms with E-state index >= 15 is 0 Å². The molecule has 0 aromatic heterocycles. The molecular formula is C28H38N2O6. The summed E-state index contributed by atoms with van der Waals surface area (Å²) >= 11 is 0. The number of ether oxygens (including phenoxy) is 2. The minimum atomic E-state index is -0.915. The van der Waals surface area contributed by atoms with E-state index in [1.807, 2.05) is 31.2 Å². The van der Waals surface area contributed by atoms with Gasteiger partial charge in [-0.05, 0) is 31.5 Å². The van der Waals surface area contributed by atoms with Crippen LogP contribution in [0.3, 0.4) is 0 Å². The SMILES string of the molecule is CCCCCCCC(N)=O.CCN1C(=O)C(CCOc2ccccc2CC(=O)O)Oc2ccccc21. The number of rotatable bonds is 13. The smallest absolute Gasteiger partial charge is 0.307 e. The van der Waals surface area contributed by atoms with Crippen molar-refractivity contribution in [3.8, 4) is 11.5 Å². The number of hydrogen-bond donors (Lipinski definition) is 2. The number of nitrogens with two attached hydrogens (primary N) is 1. The van der Waals surface area contributed by atoms with Crippen LogP contribution in [0.4, 0.5) is 5.69 Å². The van der Waals surface area contributed by atoms with Gasteiger partial charge in [-0.15, -0.1) is 0 Å². The van der Waals surface area contributed by atoms with Crippen LogP contribution in [0.15, 0.2) is 48.5 Å². The summed E-state index contributed by atoms with van der Waals surface area (Å²) in [7, 11) is 0. The number of primary amides is 1. The van der Waals surface area contributed by atoms with E-state index in [1.165, 1.54) is 19.3 Å². The number of carbonyl (C=O) groups excluding carboxylic acids is 2. The summed E-state index contributed by atoms with van der Waals surface area (Å²) in [5, 5.41) is 8.98. The molecule has 1 aliphatic rings. The molecule has 0 aliphatic carbocycles. The van der Waals surface area contributed by atoms with Gasteiger partial charge in [-0.3, -0.25) is 14.4 Å². The monoisotopic (exact) mass is 498 g/mol. The minimum Gasteiger partial charge on any atom is -0.493 e. The Morgan fingerprint density at radius 3 is 2.42 bits per heavy atom. The van der Waals surface area contributed by atoms with Crippen molar-refractivity contribution in [2.75, 3.05) is 18.1 Å². The van der Waals surface area contributed by atoms with Gasteiger partial charge < -0.3 is 25.2 Å². The van der Waals surface area contributed by atoms with Crippen molar-refractivity contribution in [1.29, 1.82) is 0 Å². The summed E-state index contributed by atoms with van der Waals surface area (Å²) in [6.07, 6.45) is 6.10. The zero-order valence-electron chi connectivity index (χ0n) is 21.3. The summed E-state index contributed by atoms with van der Waals surface area (Å²) in [5.41, 5.74) is 6.36. The zero-order chi connectivity index (χ0) is 26.3. The van der Waals surface area contributed by atoms with Gasteiger partial charge in [0.05, 0.1) is 18.7 Å². The number of aliphatic carboxylic acids is 1. The fourth-order valence-electron chi connectivity index (χ4n) is 3.92. The molecule has 8 nitrogen and oxygen atoms in total. The van der Waals surface area contributed by atoms with Gasteiger partial charge >= 0.3 is 5.97 Å². The maximum Gasteiger partial charge on any atom is 0.307 e. The molecule has 0 bridgehead atoms.